The summed E-state index contributed by atoms with van der Waals surface area (Å²) in [4.78, 5) is 37.2. The fourth-order valence-corrected chi connectivity index (χ4v) is 2.98. The maximum absolute atomic E-state index is 13.2. The number of anilines is 1. The van der Waals surface area contributed by atoms with Crippen molar-refractivity contribution in [1.82, 2.24) is 4.90 Å². The van der Waals surface area contributed by atoms with E-state index < -0.39 is 23.9 Å². The number of halogens is 1. The van der Waals surface area contributed by atoms with Crippen molar-refractivity contribution in [3.8, 4) is 0 Å². The topological polar surface area (TPSA) is 86.7 Å². The molecule has 3 rings (SSSR count). The van der Waals surface area contributed by atoms with E-state index in [-0.39, 0.29) is 17.8 Å². The molecule has 0 spiro atoms. The van der Waals surface area contributed by atoms with Gasteiger partial charge in [-0.25, -0.2) is 14.0 Å². The number of rotatable bonds is 3. The average molecular weight is 368 g/mol. The first-order valence-corrected chi connectivity index (χ1v) is 8.25. The highest BCUT2D eigenvalue weighted by Crippen LogP contribution is 2.30. The Morgan fingerprint density at radius 2 is 1.89 bits per heavy atom. The Morgan fingerprint density at radius 1 is 1.19 bits per heavy atom. The molecule has 0 unspecified atom stereocenters. The Kier molecular flexibility index (Phi) is 5.03. The lowest BCUT2D eigenvalue weighted by molar-refractivity contribution is -0.116. The van der Waals surface area contributed by atoms with Crippen molar-refractivity contribution >= 4 is 23.5 Å². The van der Waals surface area contributed by atoms with Gasteiger partial charge in [0.25, 0.3) is 0 Å². The second-order valence-electron chi connectivity index (χ2n) is 6.17. The summed E-state index contributed by atoms with van der Waals surface area (Å²) >= 11 is 0. The van der Waals surface area contributed by atoms with Crippen molar-refractivity contribution in [3.05, 3.63) is 77.2 Å². The van der Waals surface area contributed by atoms with Gasteiger partial charge in [0.2, 0.25) is 0 Å². The molecule has 2 aromatic rings. The van der Waals surface area contributed by atoms with E-state index >= 15 is 0 Å². The van der Waals surface area contributed by atoms with Crippen molar-refractivity contribution in [2.24, 2.45) is 0 Å². The van der Waals surface area contributed by atoms with E-state index in [2.05, 4.69) is 5.32 Å². The number of carboxylic acid groups (broad SMARTS) is 1. The number of urea groups is 1. The van der Waals surface area contributed by atoms with Gasteiger partial charge in [-0.2, -0.15) is 0 Å². The highest BCUT2D eigenvalue weighted by atomic mass is 19.1. The summed E-state index contributed by atoms with van der Waals surface area (Å²) in [5.41, 5.74) is 1.50. The fourth-order valence-electron chi connectivity index (χ4n) is 2.98. The third-order valence-corrected chi connectivity index (χ3v) is 4.45. The van der Waals surface area contributed by atoms with Gasteiger partial charge < -0.3 is 10.4 Å². The summed E-state index contributed by atoms with van der Waals surface area (Å²) in [7, 11) is 0. The summed E-state index contributed by atoms with van der Waals surface area (Å²) in [6.07, 6.45) is 2.76. The monoisotopic (exact) mass is 368 g/mol. The third kappa shape index (κ3) is 3.87. The number of hydrogen-bond donors (Lipinski definition) is 2. The molecule has 6 nitrogen and oxygen atoms in total. The fraction of sp³-hybridized carbons (Fsp3) is 0.150. The Hall–Kier alpha value is -3.48. The molecule has 2 amide bonds. The number of nitrogens with zero attached hydrogens (tertiary/aromatic N) is 1. The van der Waals surface area contributed by atoms with Crippen molar-refractivity contribution in [1.29, 1.82) is 0 Å². The first kappa shape index (κ1) is 18.3. The van der Waals surface area contributed by atoms with Crippen LogP contribution in [0.5, 0.6) is 0 Å². The molecule has 0 fully saturated rings. The molecule has 1 aliphatic rings. The van der Waals surface area contributed by atoms with Crippen LogP contribution in [-0.4, -0.2) is 27.8 Å². The number of nitrogens with one attached hydrogen (secondary N) is 1. The standard InChI is InChI=1S/C20H17FN2O4/c1-12-16(19(25)26)3-2-4-17(12)22-20(27)23-10-9-15(24)11-18(23)13-5-7-14(21)8-6-13/h2-10,18H,11H2,1H3,(H,22,27)(H,25,26)/t18-/m0/s1. The van der Waals surface area contributed by atoms with Crippen molar-refractivity contribution in [3.63, 3.8) is 0 Å². The van der Waals surface area contributed by atoms with E-state index in [4.69, 9.17) is 0 Å². The number of carbonyl (C=O) groups is 3. The summed E-state index contributed by atoms with van der Waals surface area (Å²) in [6, 6.07) is 9.11. The molecular formula is C20H17FN2O4. The molecule has 1 aliphatic heterocycles. The SMILES string of the molecule is Cc1c(NC(=O)N2C=CC(=O)C[C@H]2c2ccc(F)cc2)cccc1C(=O)O. The lowest BCUT2D eigenvalue weighted by Gasteiger charge is -2.31. The number of hydrogen-bond acceptors (Lipinski definition) is 3. The molecule has 7 heteroatoms. The van der Waals surface area contributed by atoms with Crippen LogP contribution in [0.25, 0.3) is 0 Å². The Labute approximate surface area is 154 Å². The first-order valence-electron chi connectivity index (χ1n) is 8.25. The first-order chi connectivity index (χ1) is 12.9. The molecule has 138 valence electrons. The molecule has 2 aromatic carbocycles. The molecule has 0 saturated heterocycles. The van der Waals surface area contributed by atoms with Gasteiger partial charge in [0.15, 0.2) is 5.78 Å². The van der Waals surface area contributed by atoms with E-state index in [1.165, 1.54) is 47.5 Å². The van der Waals surface area contributed by atoms with E-state index in [9.17, 15) is 23.9 Å². The average Bonchev–Trinajstić information content (AvgIpc) is 2.63. The van der Waals surface area contributed by atoms with Crippen LogP contribution in [0, 0.1) is 12.7 Å². The van der Waals surface area contributed by atoms with E-state index in [1.54, 1.807) is 19.1 Å². The smallest absolute Gasteiger partial charge is 0.336 e. The van der Waals surface area contributed by atoms with Gasteiger partial charge in [-0.05, 0) is 48.4 Å². The quantitative estimate of drug-likeness (QED) is 0.860. The second-order valence-corrected chi connectivity index (χ2v) is 6.17. The van der Waals surface area contributed by atoms with Crippen molar-refractivity contribution < 1.29 is 23.9 Å². The van der Waals surface area contributed by atoms with Crippen LogP contribution in [0.4, 0.5) is 14.9 Å². The molecule has 2 N–H and O–H groups in total. The van der Waals surface area contributed by atoms with Crippen LogP contribution in [0.2, 0.25) is 0 Å². The molecular weight excluding hydrogens is 351 g/mol. The van der Waals surface area contributed by atoms with Gasteiger partial charge in [0.1, 0.15) is 5.82 Å². The van der Waals surface area contributed by atoms with Gasteiger partial charge in [-0.15, -0.1) is 0 Å². The molecule has 0 bridgehead atoms. The highest BCUT2D eigenvalue weighted by molar-refractivity contribution is 5.98. The maximum Gasteiger partial charge on any atom is 0.336 e. The highest BCUT2D eigenvalue weighted by Gasteiger charge is 2.29. The Balaban J connectivity index is 1.89. The minimum Gasteiger partial charge on any atom is -0.478 e. The lowest BCUT2D eigenvalue weighted by atomic mass is 9.97. The van der Waals surface area contributed by atoms with Crippen LogP contribution in [0.15, 0.2) is 54.7 Å². The van der Waals surface area contributed by atoms with E-state index in [0.717, 1.165) is 0 Å². The van der Waals surface area contributed by atoms with Crippen LogP contribution < -0.4 is 5.32 Å². The summed E-state index contributed by atoms with van der Waals surface area (Å²) in [5.74, 6) is -1.64. The summed E-state index contributed by atoms with van der Waals surface area (Å²) in [6.45, 7) is 1.60. The normalized spacial score (nSPS) is 16.3. The van der Waals surface area contributed by atoms with Crippen LogP contribution in [0.3, 0.4) is 0 Å². The Bertz CT molecular complexity index is 937. The van der Waals surface area contributed by atoms with Gasteiger partial charge in [-0.3, -0.25) is 9.69 Å². The predicted molar refractivity (Wildman–Crippen MR) is 96.9 cm³/mol. The molecule has 0 saturated carbocycles. The van der Waals surface area contributed by atoms with Gasteiger partial charge in [0.05, 0.1) is 11.6 Å². The van der Waals surface area contributed by atoms with E-state index in [0.29, 0.717) is 16.8 Å². The van der Waals surface area contributed by atoms with Crippen molar-refractivity contribution in [2.45, 2.75) is 19.4 Å². The van der Waals surface area contributed by atoms with Gasteiger partial charge in [0, 0.05) is 18.3 Å². The molecule has 0 aliphatic carbocycles. The Morgan fingerprint density at radius 3 is 2.56 bits per heavy atom. The number of amides is 2. The predicted octanol–water partition coefficient (Wildman–Crippen LogP) is 3.89. The minimum atomic E-state index is -1.09. The third-order valence-electron chi connectivity index (χ3n) is 4.45. The number of benzene rings is 2. The lowest BCUT2D eigenvalue weighted by Crippen LogP contribution is -2.37. The molecule has 0 aromatic heterocycles. The number of aromatic carboxylic acids is 1. The van der Waals surface area contributed by atoms with Crippen molar-refractivity contribution in [2.75, 3.05) is 5.32 Å². The van der Waals surface area contributed by atoms with Gasteiger partial charge >= 0.3 is 12.0 Å². The number of ketones is 1. The largest absolute Gasteiger partial charge is 0.478 e. The number of carboxylic acids is 1. The van der Waals surface area contributed by atoms with Crippen LogP contribution >= 0.6 is 0 Å². The van der Waals surface area contributed by atoms with Gasteiger partial charge in [-0.1, -0.05) is 18.2 Å². The number of allylic oxidation sites excluding steroid dienone is 1. The van der Waals surface area contributed by atoms with E-state index in [1.807, 2.05) is 0 Å². The zero-order valence-corrected chi connectivity index (χ0v) is 14.5. The van der Waals surface area contributed by atoms with Crippen LogP contribution in [-0.2, 0) is 4.79 Å². The summed E-state index contributed by atoms with van der Waals surface area (Å²) < 4.78 is 13.2. The zero-order chi connectivity index (χ0) is 19.6. The minimum absolute atomic E-state index is 0.0731. The zero-order valence-electron chi connectivity index (χ0n) is 14.5. The summed E-state index contributed by atoms with van der Waals surface area (Å²) in [5, 5.41) is 11.9. The van der Waals surface area contributed by atoms with Crippen LogP contribution in [0.1, 0.15) is 33.9 Å². The maximum atomic E-state index is 13.2. The molecule has 1 heterocycles. The molecule has 0 radical (unpaired) electrons. The number of carbonyl (C=O) groups excluding carboxylic acids is 2. The molecule has 27 heavy (non-hydrogen) atoms. The second kappa shape index (κ2) is 7.41. The molecule has 1 atom stereocenters.